The number of hydrogen-bond acceptors (Lipinski definition) is 4. The van der Waals surface area contributed by atoms with E-state index in [1.807, 2.05) is 30.3 Å². The van der Waals surface area contributed by atoms with Crippen molar-refractivity contribution in [2.45, 2.75) is 6.42 Å². The number of thiazole rings is 1. The van der Waals surface area contributed by atoms with Crippen LogP contribution in [0, 0.1) is 0 Å². The Balaban J connectivity index is 1.99. The summed E-state index contributed by atoms with van der Waals surface area (Å²) >= 11 is 13.6. The standard InChI is InChI=1S/C17H13Cl2N3OS/c18-11-6-7-12(19)13(8-11)21-17-22-16(10-4-2-1-3-5-10)14(24-17)9-15(20)23/h1-8H,9H2,(H2,20,23)(H,21,22). The summed E-state index contributed by atoms with van der Waals surface area (Å²) in [4.78, 5) is 16.8. The number of hydrogen-bond donors (Lipinski definition) is 2. The van der Waals surface area contributed by atoms with Gasteiger partial charge in [-0.15, -0.1) is 11.3 Å². The molecule has 122 valence electrons. The van der Waals surface area contributed by atoms with Gasteiger partial charge < -0.3 is 11.1 Å². The smallest absolute Gasteiger partial charge is 0.222 e. The van der Waals surface area contributed by atoms with Crippen LogP contribution < -0.4 is 11.1 Å². The van der Waals surface area contributed by atoms with E-state index < -0.39 is 5.91 Å². The summed E-state index contributed by atoms with van der Waals surface area (Å²) in [6.45, 7) is 0. The number of nitrogens with zero attached hydrogens (tertiary/aromatic N) is 1. The number of amides is 1. The second-order valence-corrected chi connectivity index (χ2v) is 6.98. The summed E-state index contributed by atoms with van der Waals surface area (Å²) in [5, 5.41) is 4.88. The van der Waals surface area contributed by atoms with Crippen molar-refractivity contribution < 1.29 is 4.79 Å². The Morgan fingerprint density at radius 1 is 1.17 bits per heavy atom. The third kappa shape index (κ3) is 3.87. The molecule has 24 heavy (non-hydrogen) atoms. The number of nitrogens with two attached hydrogens (primary N) is 1. The molecule has 0 aliphatic heterocycles. The summed E-state index contributed by atoms with van der Waals surface area (Å²) in [7, 11) is 0. The maximum atomic E-state index is 11.4. The fourth-order valence-corrected chi connectivity index (χ4v) is 3.56. The lowest BCUT2D eigenvalue weighted by Gasteiger charge is -2.05. The maximum absolute atomic E-state index is 11.4. The number of halogens is 2. The van der Waals surface area contributed by atoms with Crippen molar-refractivity contribution in [1.29, 1.82) is 0 Å². The van der Waals surface area contributed by atoms with Crippen LogP contribution in [0.15, 0.2) is 48.5 Å². The average molecular weight is 378 g/mol. The monoisotopic (exact) mass is 377 g/mol. The molecule has 0 fully saturated rings. The molecule has 0 aliphatic carbocycles. The largest absolute Gasteiger partial charge is 0.369 e. The highest BCUT2D eigenvalue weighted by molar-refractivity contribution is 7.16. The number of primary amides is 1. The summed E-state index contributed by atoms with van der Waals surface area (Å²) in [5.74, 6) is -0.400. The van der Waals surface area contributed by atoms with Crippen LogP contribution in [0.3, 0.4) is 0 Å². The molecule has 0 atom stereocenters. The molecule has 7 heteroatoms. The first-order valence-electron chi connectivity index (χ1n) is 7.08. The molecule has 0 spiro atoms. The van der Waals surface area contributed by atoms with Crippen LogP contribution in [-0.2, 0) is 11.2 Å². The van der Waals surface area contributed by atoms with E-state index in [0.29, 0.717) is 20.9 Å². The van der Waals surface area contributed by atoms with E-state index in [1.54, 1.807) is 18.2 Å². The zero-order valence-electron chi connectivity index (χ0n) is 12.4. The molecule has 3 N–H and O–H groups in total. The SMILES string of the molecule is NC(=O)Cc1sc(Nc2cc(Cl)ccc2Cl)nc1-c1ccccc1. The lowest BCUT2D eigenvalue weighted by molar-refractivity contribution is -0.117. The number of anilines is 2. The van der Waals surface area contributed by atoms with Crippen molar-refractivity contribution in [1.82, 2.24) is 4.98 Å². The molecular formula is C17H13Cl2N3OS. The van der Waals surface area contributed by atoms with Gasteiger partial charge in [0.15, 0.2) is 5.13 Å². The molecule has 0 unspecified atom stereocenters. The number of benzene rings is 2. The zero-order chi connectivity index (χ0) is 17.1. The van der Waals surface area contributed by atoms with Crippen LogP contribution in [0.1, 0.15) is 4.88 Å². The molecule has 1 heterocycles. The summed E-state index contributed by atoms with van der Waals surface area (Å²) in [5.41, 5.74) is 7.68. The fourth-order valence-electron chi connectivity index (χ4n) is 2.21. The van der Waals surface area contributed by atoms with Crippen molar-refractivity contribution in [2.24, 2.45) is 5.73 Å². The second-order valence-electron chi connectivity index (χ2n) is 5.05. The van der Waals surface area contributed by atoms with Gasteiger partial charge in [0.1, 0.15) is 0 Å². The number of aromatic nitrogens is 1. The molecule has 0 saturated carbocycles. The van der Waals surface area contributed by atoms with Crippen LogP contribution >= 0.6 is 34.5 Å². The van der Waals surface area contributed by atoms with Gasteiger partial charge in [0.05, 0.1) is 22.8 Å². The van der Waals surface area contributed by atoms with Crippen LogP contribution in [0.5, 0.6) is 0 Å². The Bertz CT molecular complexity index is 881. The first kappa shape index (κ1) is 16.8. The number of carbonyl (C=O) groups excluding carboxylic acids is 1. The van der Waals surface area contributed by atoms with Gasteiger partial charge in [-0.3, -0.25) is 4.79 Å². The topological polar surface area (TPSA) is 68.0 Å². The van der Waals surface area contributed by atoms with E-state index in [1.165, 1.54) is 11.3 Å². The first-order valence-corrected chi connectivity index (χ1v) is 8.65. The molecular weight excluding hydrogens is 365 g/mol. The van der Waals surface area contributed by atoms with Gasteiger partial charge in [-0.2, -0.15) is 0 Å². The van der Waals surface area contributed by atoms with Crippen molar-refractivity contribution in [3.63, 3.8) is 0 Å². The van der Waals surface area contributed by atoms with Crippen LogP contribution in [0.2, 0.25) is 10.0 Å². The van der Waals surface area contributed by atoms with E-state index in [0.717, 1.165) is 16.1 Å². The van der Waals surface area contributed by atoms with Gasteiger partial charge >= 0.3 is 0 Å². The first-order chi connectivity index (χ1) is 11.5. The van der Waals surface area contributed by atoms with Crippen molar-refractivity contribution in [2.75, 3.05) is 5.32 Å². The fraction of sp³-hybridized carbons (Fsp3) is 0.0588. The minimum absolute atomic E-state index is 0.132. The lowest BCUT2D eigenvalue weighted by Crippen LogP contribution is -2.13. The Kier molecular flexibility index (Phi) is 5.04. The third-order valence-electron chi connectivity index (χ3n) is 3.25. The predicted octanol–water partition coefficient (Wildman–Crippen LogP) is 4.89. The Hall–Kier alpha value is -2.08. The number of carbonyl (C=O) groups is 1. The molecule has 1 amide bonds. The van der Waals surface area contributed by atoms with E-state index in [9.17, 15) is 4.79 Å². The Morgan fingerprint density at radius 3 is 2.62 bits per heavy atom. The molecule has 1 aromatic heterocycles. The Labute approximate surface area is 153 Å². The lowest BCUT2D eigenvalue weighted by atomic mass is 10.1. The summed E-state index contributed by atoms with van der Waals surface area (Å²) in [6, 6.07) is 14.8. The van der Waals surface area contributed by atoms with Gasteiger partial charge in [0, 0.05) is 15.5 Å². The number of nitrogens with one attached hydrogen (secondary N) is 1. The highest BCUT2D eigenvalue weighted by Gasteiger charge is 2.15. The van der Waals surface area contributed by atoms with Crippen LogP contribution in [-0.4, -0.2) is 10.9 Å². The minimum Gasteiger partial charge on any atom is -0.369 e. The molecule has 2 aromatic carbocycles. The van der Waals surface area contributed by atoms with E-state index in [2.05, 4.69) is 10.3 Å². The molecule has 0 radical (unpaired) electrons. The maximum Gasteiger partial charge on any atom is 0.222 e. The van der Waals surface area contributed by atoms with Crippen molar-refractivity contribution >= 4 is 51.3 Å². The van der Waals surface area contributed by atoms with Crippen LogP contribution in [0.4, 0.5) is 10.8 Å². The van der Waals surface area contributed by atoms with Gasteiger partial charge in [-0.05, 0) is 18.2 Å². The molecule has 0 bridgehead atoms. The van der Waals surface area contributed by atoms with Gasteiger partial charge in [-0.25, -0.2) is 4.98 Å². The van der Waals surface area contributed by atoms with Crippen molar-refractivity contribution in [3.8, 4) is 11.3 Å². The van der Waals surface area contributed by atoms with E-state index >= 15 is 0 Å². The van der Waals surface area contributed by atoms with Gasteiger partial charge in [0.2, 0.25) is 5.91 Å². The third-order valence-corrected chi connectivity index (χ3v) is 4.78. The average Bonchev–Trinajstić information content (AvgIpc) is 2.93. The van der Waals surface area contributed by atoms with E-state index in [4.69, 9.17) is 28.9 Å². The van der Waals surface area contributed by atoms with E-state index in [-0.39, 0.29) is 6.42 Å². The van der Waals surface area contributed by atoms with Crippen LogP contribution in [0.25, 0.3) is 11.3 Å². The molecule has 4 nitrogen and oxygen atoms in total. The van der Waals surface area contributed by atoms with Gasteiger partial charge in [0.25, 0.3) is 0 Å². The van der Waals surface area contributed by atoms with Crippen molar-refractivity contribution in [3.05, 3.63) is 63.5 Å². The quantitative estimate of drug-likeness (QED) is 0.664. The normalized spacial score (nSPS) is 10.6. The Morgan fingerprint density at radius 2 is 1.92 bits per heavy atom. The number of rotatable bonds is 5. The molecule has 0 saturated heterocycles. The summed E-state index contributed by atoms with van der Waals surface area (Å²) < 4.78 is 0. The molecule has 0 aliphatic rings. The molecule has 3 rings (SSSR count). The highest BCUT2D eigenvalue weighted by Crippen LogP contribution is 2.35. The minimum atomic E-state index is -0.400. The second kappa shape index (κ2) is 7.21. The van der Waals surface area contributed by atoms with Gasteiger partial charge in [-0.1, -0.05) is 53.5 Å². The highest BCUT2D eigenvalue weighted by atomic mass is 35.5. The summed E-state index contributed by atoms with van der Waals surface area (Å²) in [6.07, 6.45) is 0.132. The predicted molar refractivity (Wildman–Crippen MR) is 100 cm³/mol. The molecule has 3 aromatic rings. The zero-order valence-corrected chi connectivity index (χ0v) is 14.8.